The van der Waals surface area contributed by atoms with Gasteiger partial charge in [0.15, 0.2) is 0 Å². The molecule has 32 heavy (non-hydrogen) atoms. The summed E-state index contributed by atoms with van der Waals surface area (Å²) in [4.78, 5) is 37.4. The van der Waals surface area contributed by atoms with Crippen LogP contribution in [0.4, 0.5) is 5.69 Å². The molecule has 3 aliphatic carbocycles. The van der Waals surface area contributed by atoms with Crippen molar-refractivity contribution in [1.82, 2.24) is 0 Å². The minimum atomic E-state index is -1.24. The molecular weight excluding hydrogens is 449 g/mol. The van der Waals surface area contributed by atoms with E-state index in [1.807, 2.05) is 48.5 Å². The predicted molar refractivity (Wildman–Crippen MR) is 119 cm³/mol. The zero-order valence-corrected chi connectivity index (χ0v) is 18.0. The predicted octanol–water partition coefficient (Wildman–Crippen LogP) is 4.48. The molecular formula is C25H15Cl2NO4. The number of carbonyl (C=O) groups excluding carboxylic acids is 2. The van der Waals surface area contributed by atoms with Crippen molar-refractivity contribution >= 4 is 46.7 Å². The largest absolute Gasteiger partial charge is 0.478 e. The molecule has 1 fully saturated rings. The van der Waals surface area contributed by atoms with E-state index in [0.29, 0.717) is 5.69 Å². The number of carboxylic acid groups (broad SMARTS) is 1. The first-order valence-electron chi connectivity index (χ1n) is 10.1. The molecule has 0 aromatic heterocycles. The van der Waals surface area contributed by atoms with Crippen molar-refractivity contribution in [2.75, 3.05) is 4.90 Å². The summed E-state index contributed by atoms with van der Waals surface area (Å²) in [5, 5.41) is 9.18. The normalized spacial score (nSPS) is 29.5. The minimum Gasteiger partial charge on any atom is -0.478 e. The average Bonchev–Trinajstić information content (AvgIpc) is 3.08. The molecule has 2 bridgehead atoms. The third-order valence-corrected chi connectivity index (χ3v) is 8.24. The van der Waals surface area contributed by atoms with E-state index >= 15 is 0 Å². The topological polar surface area (TPSA) is 74.7 Å². The molecule has 2 amide bonds. The van der Waals surface area contributed by atoms with E-state index in [1.165, 1.54) is 24.3 Å². The maximum atomic E-state index is 13.8. The van der Waals surface area contributed by atoms with Crippen LogP contribution in [-0.4, -0.2) is 22.9 Å². The number of carbonyl (C=O) groups is 3. The van der Waals surface area contributed by atoms with E-state index in [2.05, 4.69) is 0 Å². The smallest absolute Gasteiger partial charge is 0.335 e. The molecule has 1 N–H and O–H groups in total. The molecule has 3 aromatic rings. The number of hydrogen-bond acceptors (Lipinski definition) is 3. The maximum absolute atomic E-state index is 13.8. The minimum absolute atomic E-state index is 0.0627. The molecule has 1 saturated heterocycles. The van der Waals surface area contributed by atoms with Crippen LogP contribution < -0.4 is 4.90 Å². The van der Waals surface area contributed by atoms with Gasteiger partial charge in [0.2, 0.25) is 11.8 Å². The lowest BCUT2D eigenvalue weighted by atomic mass is 9.54. The summed E-state index contributed by atoms with van der Waals surface area (Å²) >= 11 is 14.7. The number of benzene rings is 3. The summed E-state index contributed by atoms with van der Waals surface area (Å²) in [6, 6.07) is 20.5. The van der Waals surface area contributed by atoms with Gasteiger partial charge in [0.25, 0.3) is 0 Å². The standard InChI is InChI=1S/C25H15Cl2NO4/c26-24-15-5-1-2-6-16(15)25(27,18-8-4-3-7-17(18)24)20-19(24)21(29)28(22(20)30)14-11-9-13(10-12-14)23(31)32/h1-12,19-20H,(H,31,32)/t19-,20-,24?,25?/m0/s1. The fourth-order valence-electron chi connectivity index (χ4n) is 5.67. The summed E-state index contributed by atoms with van der Waals surface area (Å²) in [7, 11) is 0. The Kier molecular flexibility index (Phi) is 3.79. The van der Waals surface area contributed by atoms with Gasteiger partial charge in [0.1, 0.15) is 9.75 Å². The number of anilines is 1. The Bertz CT molecular complexity index is 1230. The van der Waals surface area contributed by atoms with E-state index < -0.39 is 39.4 Å². The number of alkyl halides is 2. The Hall–Kier alpha value is -3.15. The Labute approximate surface area is 193 Å². The number of hydrogen-bond donors (Lipinski definition) is 1. The van der Waals surface area contributed by atoms with Gasteiger partial charge >= 0.3 is 5.97 Å². The van der Waals surface area contributed by atoms with Crippen LogP contribution in [0.2, 0.25) is 0 Å². The average molecular weight is 464 g/mol. The van der Waals surface area contributed by atoms with Crippen LogP contribution in [0, 0.1) is 11.8 Å². The van der Waals surface area contributed by atoms with Gasteiger partial charge in [0, 0.05) is 0 Å². The Balaban J connectivity index is 1.60. The zero-order valence-electron chi connectivity index (χ0n) is 16.5. The lowest BCUT2D eigenvalue weighted by molar-refractivity contribution is -0.122. The van der Waals surface area contributed by atoms with Crippen LogP contribution in [0.5, 0.6) is 0 Å². The number of nitrogens with zero attached hydrogens (tertiary/aromatic N) is 1. The van der Waals surface area contributed by atoms with Gasteiger partial charge in [-0.3, -0.25) is 9.59 Å². The fraction of sp³-hybridized carbons (Fsp3) is 0.160. The molecule has 158 valence electrons. The SMILES string of the molecule is O=C(O)c1ccc(N2C(=O)[C@@H]3[C@@H](C2=O)C2(Cl)c4ccccc4C3(Cl)c3ccccc32)cc1. The first-order valence-corrected chi connectivity index (χ1v) is 10.9. The van der Waals surface area contributed by atoms with Crippen molar-refractivity contribution in [3.05, 3.63) is 101 Å². The molecule has 0 saturated carbocycles. The van der Waals surface area contributed by atoms with E-state index in [0.717, 1.165) is 27.2 Å². The van der Waals surface area contributed by atoms with Crippen molar-refractivity contribution in [2.45, 2.75) is 9.75 Å². The van der Waals surface area contributed by atoms with Crippen molar-refractivity contribution in [2.24, 2.45) is 11.8 Å². The molecule has 0 radical (unpaired) electrons. The van der Waals surface area contributed by atoms with Gasteiger partial charge < -0.3 is 5.11 Å². The van der Waals surface area contributed by atoms with Crippen LogP contribution >= 0.6 is 23.2 Å². The highest BCUT2D eigenvalue weighted by molar-refractivity contribution is 6.38. The number of imide groups is 1. The number of carboxylic acids is 1. The lowest BCUT2D eigenvalue weighted by Crippen LogP contribution is -2.57. The molecule has 1 aliphatic heterocycles. The van der Waals surface area contributed by atoms with Crippen molar-refractivity contribution in [1.29, 1.82) is 0 Å². The summed E-state index contributed by atoms with van der Waals surface area (Å²) in [5.74, 6) is -3.75. The first-order chi connectivity index (χ1) is 15.3. The van der Waals surface area contributed by atoms with Crippen molar-refractivity contribution < 1.29 is 19.5 Å². The highest BCUT2D eigenvalue weighted by Crippen LogP contribution is 2.69. The van der Waals surface area contributed by atoms with E-state index in [-0.39, 0.29) is 5.56 Å². The monoisotopic (exact) mass is 463 g/mol. The summed E-state index contributed by atoms with van der Waals surface area (Å²) in [5.41, 5.74) is 3.31. The Morgan fingerprint density at radius 1 is 0.719 bits per heavy atom. The number of rotatable bonds is 2. The molecule has 5 nitrogen and oxygen atoms in total. The number of halogens is 2. The van der Waals surface area contributed by atoms with Crippen molar-refractivity contribution in [3.63, 3.8) is 0 Å². The number of aromatic carboxylic acids is 1. The van der Waals surface area contributed by atoms with Crippen LogP contribution in [0.15, 0.2) is 72.8 Å². The number of amides is 2. The van der Waals surface area contributed by atoms with Crippen LogP contribution in [0.3, 0.4) is 0 Å². The maximum Gasteiger partial charge on any atom is 0.335 e. The van der Waals surface area contributed by atoms with Gasteiger partial charge in [-0.1, -0.05) is 48.5 Å². The van der Waals surface area contributed by atoms with Crippen molar-refractivity contribution in [3.8, 4) is 0 Å². The molecule has 2 atom stereocenters. The Morgan fingerprint density at radius 2 is 1.09 bits per heavy atom. The highest BCUT2D eigenvalue weighted by atomic mass is 35.5. The van der Waals surface area contributed by atoms with E-state index in [1.54, 1.807) is 0 Å². The highest BCUT2D eigenvalue weighted by Gasteiger charge is 2.73. The molecule has 3 aromatic carbocycles. The van der Waals surface area contributed by atoms with Crippen LogP contribution in [0.1, 0.15) is 32.6 Å². The Morgan fingerprint density at radius 3 is 1.44 bits per heavy atom. The van der Waals surface area contributed by atoms with Gasteiger partial charge in [-0.05, 0) is 46.5 Å². The first kappa shape index (κ1) is 19.5. The molecule has 0 spiro atoms. The molecule has 0 unspecified atom stereocenters. The third kappa shape index (κ3) is 2.08. The molecule has 7 rings (SSSR count). The summed E-state index contributed by atoms with van der Waals surface area (Å²) < 4.78 is 0. The lowest BCUT2D eigenvalue weighted by Gasteiger charge is -2.54. The summed E-state index contributed by atoms with van der Waals surface area (Å²) in [6.45, 7) is 0. The zero-order chi connectivity index (χ0) is 22.4. The van der Waals surface area contributed by atoms with Gasteiger partial charge in [-0.2, -0.15) is 0 Å². The van der Waals surface area contributed by atoms with Gasteiger partial charge in [0.05, 0.1) is 23.1 Å². The second kappa shape index (κ2) is 6.21. The van der Waals surface area contributed by atoms with Gasteiger partial charge in [-0.15, -0.1) is 23.2 Å². The van der Waals surface area contributed by atoms with E-state index in [9.17, 15) is 19.5 Å². The van der Waals surface area contributed by atoms with Crippen LogP contribution in [0.25, 0.3) is 0 Å². The van der Waals surface area contributed by atoms with E-state index in [4.69, 9.17) is 23.2 Å². The second-order valence-electron chi connectivity index (χ2n) is 8.33. The quantitative estimate of drug-likeness (QED) is 0.448. The third-order valence-electron chi connectivity index (χ3n) is 6.96. The van der Waals surface area contributed by atoms with Crippen LogP contribution in [-0.2, 0) is 19.3 Å². The van der Waals surface area contributed by atoms with Gasteiger partial charge in [-0.25, -0.2) is 9.69 Å². The second-order valence-corrected chi connectivity index (χ2v) is 9.53. The fourth-order valence-corrected chi connectivity index (χ4v) is 6.77. The molecule has 7 heteroatoms. The molecule has 4 aliphatic rings. The molecule has 1 heterocycles. The summed E-state index contributed by atoms with van der Waals surface area (Å²) in [6.07, 6.45) is 0.